The molecule has 4 rings (SSSR count). The van der Waals surface area contributed by atoms with Crippen molar-refractivity contribution in [3.8, 4) is 22.7 Å². The van der Waals surface area contributed by atoms with E-state index in [0.29, 0.717) is 30.8 Å². The molecule has 1 amide bonds. The highest BCUT2D eigenvalue weighted by Gasteiger charge is 2.31. The third-order valence-corrected chi connectivity index (χ3v) is 6.18. The number of aryl methyl sites for hydroxylation is 1. The predicted octanol–water partition coefficient (Wildman–Crippen LogP) is 5.68. The van der Waals surface area contributed by atoms with Crippen molar-refractivity contribution < 1.29 is 14.0 Å². The van der Waals surface area contributed by atoms with Gasteiger partial charge in [0.1, 0.15) is 5.69 Å². The summed E-state index contributed by atoms with van der Waals surface area (Å²) in [5.41, 5.74) is 9.22. The van der Waals surface area contributed by atoms with E-state index in [9.17, 15) is 9.59 Å². The molecule has 0 radical (unpaired) electrons. The van der Waals surface area contributed by atoms with Crippen molar-refractivity contribution in [1.29, 1.82) is 0 Å². The number of carbonyl (C=O) groups is 2. The number of hydrogen-bond donors (Lipinski definition) is 2. The van der Waals surface area contributed by atoms with Crippen LogP contribution in [0.15, 0.2) is 95.4 Å². The summed E-state index contributed by atoms with van der Waals surface area (Å²) in [6.45, 7) is 4.02. The minimum Gasteiger partial charge on any atom is -0.432 e. The Balaban J connectivity index is 1.69. The molecule has 37 heavy (non-hydrogen) atoms. The Morgan fingerprint density at radius 1 is 0.865 bits per heavy atom. The maximum Gasteiger partial charge on any atom is 0.237 e. The Kier molecular flexibility index (Phi) is 8.64. The number of ketones is 1. The fourth-order valence-electron chi connectivity index (χ4n) is 4.26. The van der Waals surface area contributed by atoms with Gasteiger partial charge in [-0.15, -0.1) is 0 Å². The van der Waals surface area contributed by atoms with Crippen molar-refractivity contribution in [2.75, 3.05) is 0 Å². The first-order valence-electron chi connectivity index (χ1n) is 12.7. The Bertz CT molecular complexity index is 1300. The smallest absolute Gasteiger partial charge is 0.237 e. The van der Waals surface area contributed by atoms with E-state index >= 15 is 0 Å². The minimum atomic E-state index is -0.815. The van der Waals surface area contributed by atoms with Crippen LogP contribution in [-0.4, -0.2) is 28.8 Å². The molecule has 1 aromatic heterocycles. The summed E-state index contributed by atoms with van der Waals surface area (Å²) in [6.07, 6.45) is 1.54. The summed E-state index contributed by atoms with van der Waals surface area (Å²) in [4.78, 5) is 31.7. The van der Waals surface area contributed by atoms with Crippen LogP contribution >= 0.6 is 0 Å². The second kappa shape index (κ2) is 12.3. The summed E-state index contributed by atoms with van der Waals surface area (Å²) in [6, 6.07) is 27.3. The van der Waals surface area contributed by atoms with Gasteiger partial charge in [-0.1, -0.05) is 92.7 Å². The molecular formula is C31H33N3O3. The van der Waals surface area contributed by atoms with E-state index in [1.54, 1.807) is 0 Å². The van der Waals surface area contributed by atoms with E-state index in [4.69, 9.17) is 15.1 Å². The fraction of sp³-hybridized carbons (Fsp3) is 0.258. The van der Waals surface area contributed by atoms with Crippen molar-refractivity contribution >= 4 is 11.7 Å². The number of oxazole rings is 1. The molecule has 3 N–H and O–H groups in total. The molecule has 0 saturated heterocycles. The maximum absolute atomic E-state index is 14.0. The van der Waals surface area contributed by atoms with Crippen LogP contribution in [0.1, 0.15) is 42.8 Å². The Labute approximate surface area is 217 Å². The first-order chi connectivity index (χ1) is 17.9. The monoisotopic (exact) mass is 495 g/mol. The molecule has 0 aliphatic carbocycles. The van der Waals surface area contributed by atoms with E-state index in [0.717, 1.165) is 16.7 Å². The third-order valence-electron chi connectivity index (χ3n) is 6.18. The standard InChI is InChI=1S/C31H33N3O3/c1-21(2)20-25(32)30(36)33-26(19-18-22-12-6-3-7-13-22)28(35)29-27(23-14-8-4-9-15-23)34-31(37-29)24-16-10-5-11-17-24/h3-17,21,25-26H,18-20,32H2,1-2H3,(H,33,36)/t25-,26-/m0/s1. The van der Waals surface area contributed by atoms with Gasteiger partial charge >= 0.3 is 0 Å². The van der Waals surface area contributed by atoms with Crippen LogP contribution in [0, 0.1) is 5.92 Å². The van der Waals surface area contributed by atoms with Gasteiger partial charge in [0.2, 0.25) is 23.3 Å². The van der Waals surface area contributed by atoms with Crippen molar-refractivity contribution in [1.82, 2.24) is 10.3 Å². The van der Waals surface area contributed by atoms with Crippen LogP contribution in [-0.2, 0) is 11.2 Å². The van der Waals surface area contributed by atoms with Crippen LogP contribution in [0.3, 0.4) is 0 Å². The van der Waals surface area contributed by atoms with Gasteiger partial charge in [-0.25, -0.2) is 4.98 Å². The lowest BCUT2D eigenvalue weighted by atomic mass is 9.97. The van der Waals surface area contributed by atoms with Crippen molar-refractivity contribution in [2.24, 2.45) is 11.7 Å². The van der Waals surface area contributed by atoms with Gasteiger partial charge in [0.15, 0.2) is 0 Å². The minimum absolute atomic E-state index is 0.126. The molecule has 3 aromatic carbocycles. The van der Waals surface area contributed by atoms with E-state index in [1.807, 2.05) is 105 Å². The zero-order valence-corrected chi connectivity index (χ0v) is 21.3. The number of rotatable bonds is 11. The lowest BCUT2D eigenvalue weighted by molar-refractivity contribution is -0.123. The molecule has 1 heterocycles. The molecule has 0 aliphatic rings. The predicted molar refractivity (Wildman–Crippen MR) is 146 cm³/mol. The summed E-state index contributed by atoms with van der Waals surface area (Å²) in [5.74, 6) is 0.0682. The molecule has 0 bridgehead atoms. The van der Waals surface area contributed by atoms with Gasteiger partial charge in [0.05, 0.1) is 12.1 Å². The average molecular weight is 496 g/mol. The van der Waals surface area contributed by atoms with Crippen molar-refractivity contribution in [2.45, 2.75) is 45.2 Å². The third kappa shape index (κ3) is 6.80. The number of aromatic nitrogens is 1. The highest BCUT2D eigenvalue weighted by Crippen LogP contribution is 2.30. The highest BCUT2D eigenvalue weighted by molar-refractivity contribution is 6.04. The number of Topliss-reactive ketones (excluding diaryl/α,β-unsaturated/α-hetero) is 1. The summed E-state index contributed by atoms with van der Waals surface area (Å²) in [5, 5.41) is 2.92. The topological polar surface area (TPSA) is 98.2 Å². The van der Waals surface area contributed by atoms with Gasteiger partial charge in [-0.2, -0.15) is 0 Å². The molecule has 190 valence electrons. The van der Waals surface area contributed by atoms with E-state index in [-0.39, 0.29) is 23.4 Å². The molecule has 6 nitrogen and oxygen atoms in total. The molecule has 0 unspecified atom stereocenters. The van der Waals surface area contributed by atoms with Crippen LogP contribution in [0.4, 0.5) is 0 Å². The molecule has 0 fully saturated rings. The van der Waals surface area contributed by atoms with Crippen LogP contribution in [0.2, 0.25) is 0 Å². The molecule has 0 aliphatic heterocycles. The largest absolute Gasteiger partial charge is 0.432 e. The zero-order valence-electron chi connectivity index (χ0n) is 21.3. The number of amides is 1. The van der Waals surface area contributed by atoms with Gasteiger partial charge < -0.3 is 15.5 Å². The number of carbonyl (C=O) groups excluding carboxylic acids is 2. The summed E-state index contributed by atoms with van der Waals surface area (Å²) in [7, 11) is 0. The Morgan fingerprint density at radius 2 is 1.43 bits per heavy atom. The number of nitrogens with two attached hydrogens (primary N) is 1. The van der Waals surface area contributed by atoms with Crippen molar-refractivity contribution in [3.63, 3.8) is 0 Å². The normalized spacial score (nSPS) is 12.8. The van der Waals surface area contributed by atoms with Gasteiger partial charge in [0, 0.05) is 11.1 Å². The van der Waals surface area contributed by atoms with E-state index in [1.165, 1.54) is 0 Å². The average Bonchev–Trinajstić information content (AvgIpc) is 3.37. The lowest BCUT2D eigenvalue weighted by Crippen LogP contribution is -2.49. The SMILES string of the molecule is CC(C)C[C@H](N)C(=O)N[C@@H](CCc1ccccc1)C(=O)c1oc(-c2ccccc2)nc1-c1ccccc1. The molecule has 2 atom stereocenters. The molecule has 0 spiro atoms. The first kappa shape index (κ1) is 26.0. The highest BCUT2D eigenvalue weighted by atomic mass is 16.4. The van der Waals surface area contributed by atoms with E-state index in [2.05, 4.69) is 5.32 Å². The fourth-order valence-corrected chi connectivity index (χ4v) is 4.26. The number of nitrogens with one attached hydrogen (secondary N) is 1. The number of nitrogens with zero attached hydrogens (tertiary/aromatic N) is 1. The van der Waals surface area contributed by atoms with Crippen LogP contribution in [0.25, 0.3) is 22.7 Å². The van der Waals surface area contributed by atoms with Crippen molar-refractivity contribution in [3.05, 3.63) is 102 Å². The molecule has 4 aromatic rings. The zero-order chi connectivity index (χ0) is 26.2. The second-order valence-corrected chi connectivity index (χ2v) is 9.61. The molecule has 6 heteroatoms. The summed E-state index contributed by atoms with van der Waals surface area (Å²) >= 11 is 0. The van der Waals surface area contributed by atoms with E-state index < -0.39 is 12.1 Å². The number of benzene rings is 3. The van der Waals surface area contributed by atoms with Gasteiger partial charge in [-0.3, -0.25) is 9.59 Å². The lowest BCUT2D eigenvalue weighted by Gasteiger charge is -2.20. The first-order valence-corrected chi connectivity index (χ1v) is 12.7. The number of hydrogen-bond acceptors (Lipinski definition) is 5. The Hall–Kier alpha value is -4.03. The van der Waals surface area contributed by atoms with Crippen LogP contribution in [0.5, 0.6) is 0 Å². The molecular weight excluding hydrogens is 462 g/mol. The summed E-state index contributed by atoms with van der Waals surface area (Å²) < 4.78 is 6.11. The Morgan fingerprint density at radius 3 is 2.03 bits per heavy atom. The maximum atomic E-state index is 14.0. The second-order valence-electron chi connectivity index (χ2n) is 9.61. The van der Waals surface area contributed by atoms with Crippen LogP contribution < -0.4 is 11.1 Å². The quantitative estimate of drug-likeness (QED) is 0.261. The van der Waals surface area contributed by atoms with Gasteiger partial charge in [-0.05, 0) is 42.9 Å². The van der Waals surface area contributed by atoms with Gasteiger partial charge in [0.25, 0.3) is 0 Å². The molecule has 0 saturated carbocycles.